The van der Waals surface area contributed by atoms with Crippen LogP contribution in [0, 0.1) is 11.8 Å². The number of hydrogen-bond acceptors (Lipinski definition) is 2. The van der Waals surface area contributed by atoms with Gasteiger partial charge < -0.3 is 9.90 Å². The van der Waals surface area contributed by atoms with Crippen molar-refractivity contribution >= 4 is 6.29 Å². The van der Waals surface area contributed by atoms with Crippen molar-refractivity contribution in [2.45, 2.75) is 66.4 Å². The summed E-state index contributed by atoms with van der Waals surface area (Å²) in [4.78, 5) is 10.8. The van der Waals surface area contributed by atoms with Crippen molar-refractivity contribution in [3.63, 3.8) is 0 Å². The Balaban J connectivity index is -0.000000427. The van der Waals surface area contributed by atoms with Crippen LogP contribution in [-0.4, -0.2) is 17.0 Å². The maximum atomic E-state index is 10.8. The van der Waals surface area contributed by atoms with Gasteiger partial charge in [0.2, 0.25) is 0 Å². The minimum atomic E-state index is -0.567. The van der Waals surface area contributed by atoms with Crippen molar-refractivity contribution in [3.8, 4) is 0 Å². The number of aldehydes is 1. The smallest absolute Gasteiger partial charge is 0.126 e. The molecule has 20 heavy (non-hydrogen) atoms. The zero-order valence-electron chi connectivity index (χ0n) is 13.9. The first-order valence-corrected chi connectivity index (χ1v) is 6.54. The number of carbonyl (C=O) groups is 1. The zero-order valence-corrected chi connectivity index (χ0v) is 22.5. The molecule has 0 fully saturated rings. The van der Waals surface area contributed by atoms with Gasteiger partial charge in [-0.25, -0.2) is 0 Å². The summed E-state index contributed by atoms with van der Waals surface area (Å²) in [5.41, 5.74) is 1.94. The van der Waals surface area contributed by atoms with Crippen LogP contribution in [0.4, 0.5) is 0 Å². The van der Waals surface area contributed by atoms with Gasteiger partial charge in [0.15, 0.2) is 0 Å². The van der Waals surface area contributed by atoms with Gasteiger partial charge in [-0.3, -0.25) is 0 Å². The van der Waals surface area contributed by atoms with Gasteiger partial charge in [0.05, 0.1) is 5.60 Å². The van der Waals surface area contributed by atoms with Crippen LogP contribution in [0.2, 0.25) is 0 Å². The zero-order chi connectivity index (χ0) is 13.6. The Morgan fingerprint density at radius 2 is 1.55 bits per heavy atom. The molecule has 0 bridgehead atoms. The maximum Gasteiger partial charge on any atom is 0.126 e. The molecule has 0 aliphatic rings. The maximum absolute atomic E-state index is 10.8. The van der Waals surface area contributed by atoms with Crippen LogP contribution < -0.4 is 0 Å². The predicted molar refractivity (Wildman–Crippen MR) is 72.9 cm³/mol. The standard InChI is InChI=1S/C15H28O2.3Y/c1-11(8-7-9-15(5,6)17)13(3)14(4)12(2)10-16;;;/h10-12,17H,7-9H2,1-6H3;;;/b14-13+;;;. The third-order valence-electron chi connectivity index (χ3n) is 3.67. The van der Waals surface area contributed by atoms with Gasteiger partial charge in [-0.15, -0.1) is 0 Å². The summed E-state index contributed by atoms with van der Waals surface area (Å²) in [7, 11) is 0. The summed E-state index contributed by atoms with van der Waals surface area (Å²) < 4.78 is 0. The van der Waals surface area contributed by atoms with Gasteiger partial charge in [-0.2, -0.15) is 0 Å². The molecule has 0 amide bonds. The van der Waals surface area contributed by atoms with Crippen LogP contribution in [0.15, 0.2) is 11.1 Å². The molecule has 0 aromatic carbocycles. The second kappa shape index (κ2) is 15.2. The molecular weight excluding hydrogens is 479 g/mol. The van der Waals surface area contributed by atoms with E-state index in [-0.39, 0.29) is 104 Å². The molecule has 0 heterocycles. The average molecular weight is 507 g/mol. The predicted octanol–water partition coefficient (Wildman–Crippen LogP) is 3.73. The molecule has 0 aromatic heterocycles. The number of carbonyl (C=O) groups excluding carboxylic acids is 1. The number of hydrogen-bond donors (Lipinski definition) is 1. The van der Waals surface area contributed by atoms with E-state index in [4.69, 9.17) is 0 Å². The van der Waals surface area contributed by atoms with Crippen LogP contribution in [0.5, 0.6) is 0 Å². The first-order valence-electron chi connectivity index (χ1n) is 6.54. The Kier molecular flexibility index (Phi) is 23.3. The molecule has 1 N–H and O–H groups in total. The number of rotatable bonds is 7. The minimum Gasteiger partial charge on any atom is -0.390 e. The molecule has 5 heteroatoms. The molecule has 3 radical (unpaired) electrons. The average Bonchev–Trinajstić information content (AvgIpc) is 2.24. The van der Waals surface area contributed by atoms with Gasteiger partial charge in [0.25, 0.3) is 0 Å². The van der Waals surface area contributed by atoms with Crippen molar-refractivity contribution in [1.82, 2.24) is 0 Å². The first-order chi connectivity index (χ1) is 7.69. The summed E-state index contributed by atoms with van der Waals surface area (Å²) in [5, 5.41) is 9.65. The normalized spacial score (nSPS) is 14.8. The Morgan fingerprint density at radius 3 is 1.90 bits per heavy atom. The Hall–Kier alpha value is 2.68. The summed E-state index contributed by atoms with van der Waals surface area (Å²) in [6, 6.07) is 0. The Bertz CT molecular complexity index is 283. The molecule has 0 saturated carbocycles. The summed E-state index contributed by atoms with van der Waals surface area (Å²) >= 11 is 0. The van der Waals surface area contributed by atoms with E-state index in [1.807, 2.05) is 27.7 Å². The molecule has 2 nitrogen and oxygen atoms in total. The molecule has 2 atom stereocenters. The van der Waals surface area contributed by atoms with E-state index in [9.17, 15) is 9.90 Å². The van der Waals surface area contributed by atoms with Gasteiger partial charge in [-0.05, 0) is 46.5 Å². The monoisotopic (exact) mass is 507 g/mol. The molecule has 109 valence electrons. The van der Waals surface area contributed by atoms with Gasteiger partial charge >= 0.3 is 0 Å². The van der Waals surface area contributed by atoms with Crippen LogP contribution in [-0.2, 0) is 103 Å². The van der Waals surface area contributed by atoms with E-state index in [0.29, 0.717) is 5.92 Å². The van der Waals surface area contributed by atoms with Crippen LogP contribution in [0.1, 0.15) is 60.8 Å². The van der Waals surface area contributed by atoms with E-state index in [1.165, 1.54) is 11.1 Å². The van der Waals surface area contributed by atoms with Gasteiger partial charge in [0, 0.05) is 104 Å². The van der Waals surface area contributed by atoms with E-state index in [2.05, 4.69) is 13.8 Å². The van der Waals surface area contributed by atoms with Gasteiger partial charge in [-0.1, -0.05) is 31.4 Å². The van der Waals surface area contributed by atoms with Gasteiger partial charge in [0.1, 0.15) is 6.29 Å². The van der Waals surface area contributed by atoms with Crippen LogP contribution in [0.3, 0.4) is 0 Å². The topological polar surface area (TPSA) is 37.3 Å². The van der Waals surface area contributed by atoms with Crippen molar-refractivity contribution in [2.24, 2.45) is 11.8 Å². The fourth-order valence-corrected chi connectivity index (χ4v) is 1.91. The van der Waals surface area contributed by atoms with E-state index < -0.39 is 5.60 Å². The second-order valence-corrected chi connectivity index (χ2v) is 5.90. The van der Waals surface area contributed by atoms with E-state index in [0.717, 1.165) is 25.5 Å². The molecular formula is C15H28O2Y3. The molecule has 0 aliphatic heterocycles. The summed E-state index contributed by atoms with van der Waals surface area (Å²) in [6.07, 6.45) is 3.92. The van der Waals surface area contributed by atoms with Crippen molar-refractivity contribution in [1.29, 1.82) is 0 Å². The van der Waals surface area contributed by atoms with Crippen molar-refractivity contribution in [3.05, 3.63) is 11.1 Å². The third-order valence-corrected chi connectivity index (χ3v) is 3.67. The SMILES string of the molecule is C/C(=C(/C)C(C)CCCC(C)(C)O)C(C)C=O.[Y].[Y].[Y]. The molecule has 0 rings (SSSR count). The number of allylic oxidation sites excluding steroid dienone is 2. The number of aliphatic hydroxyl groups is 1. The van der Waals surface area contributed by atoms with Crippen molar-refractivity contribution in [2.75, 3.05) is 0 Å². The third kappa shape index (κ3) is 14.3. The summed E-state index contributed by atoms with van der Waals surface area (Å²) in [5.74, 6) is 0.506. The Morgan fingerprint density at radius 1 is 1.10 bits per heavy atom. The largest absolute Gasteiger partial charge is 0.390 e. The minimum absolute atomic E-state index is 0. The Labute approximate surface area is 200 Å². The quantitative estimate of drug-likeness (QED) is 0.422. The molecule has 0 aliphatic carbocycles. The molecule has 2 unspecified atom stereocenters. The fraction of sp³-hybridized carbons (Fsp3) is 0.800. The molecule has 0 saturated heterocycles. The van der Waals surface area contributed by atoms with E-state index in [1.54, 1.807) is 0 Å². The molecule has 0 aromatic rings. The van der Waals surface area contributed by atoms with Crippen LogP contribution >= 0.6 is 0 Å². The van der Waals surface area contributed by atoms with Crippen molar-refractivity contribution < 1.29 is 108 Å². The fourth-order valence-electron chi connectivity index (χ4n) is 1.91. The van der Waals surface area contributed by atoms with Crippen LogP contribution in [0.25, 0.3) is 0 Å². The summed E-state index contributed by atoms with van der Waals surface area (Å²) in [6.45, 7) is 12.0. The molecule has 0 spiro atoms. The second-order valence-electron chi connectivity index (χ2n) is 5.90. The first kappa shape index (κ1) is 30.6. The van der Waals surface area contributed by atoms with E-state index >= 15 is 0 Å².